The van der Waals surface area contributed by atoms with Crippen LogP contribution in [0.2, 0.25) is 10.0 Å². The Morgan fingerprint density at radius 2 is 2.08 bits per heavy atom. The number of halogens is 2. The van der Waals surface area contributed by atoms with Gasteiger partial charge in [0.15, 0.2) is 5.11 Å². The van der Waals surface area contributed by atoms with Gasteiger partial charge in [0.05, 0.1) is 5.56 Å². The van der Waals surface area contributed by atoms with Crippen molar-refractivity contribution >= 4 is 68.9 Å². The van der Waals surface area contributed by atoms with Gasteiger partial charge in [-0.25, -0.2) is 0 Å². The normalized spacial score (nSPS) is 10.5. The lowest BCUT2D eigenvalue weighted by Gasteiger charge is -2.06. The quantitative estimate of drug-likeness (QED) is 0.548. The van der Waals surface area contributed by atoms with E-state index in [0.717, 1.165) is 10.4 Å². The summed E-state index contributed by atoms with van der Waals surface area (Å²) in [6, 6.07) is 7.12. The summed E-state index contributed by atoms with van der Waals surface area (Å²) in [7, 11) is 0. The molecule has 0 aliphatic rings. The monoisotopic (exact) mass is 409 g/mol. The molecule has 1 amide bonds. The molecule has 1 aromatic heterocycles. The third-order valence-electron chi connectivity index (χ3n) is 3.34. The van der Waals surface area contributed by atoms with Gasteiger partial charge in [-0.2, -0.15) is 5.26 Å². The number of hydrogen-bond acceptors (Lipinski definition) is 4. The third kappa shape index (κ3) is 5.03. The maximum atomic E-state index is 12.0. The fourth-order valence-electron chi connectivity index (χ4n) is 1.94. The Bertz CT molecular complexity index is 913. The van der Waals surface area contributed by atoms with Gasteiger partial charge in [0.2, 0.25) is 5.91 Å². The predicted molar refractivity (Wildman–Crippen MR) is 108 cm³/mol. The highest BCUT2D eigenvalue weighted by atomic mass is 35.5. The summed E-state index contributed by atoms with van der Waals surface area (Å²) in [4.78, 5) is 13.0. The van der Waals surface area contributed by atoms with E-state index in [-0.39, 0.29) is 5.11 Å². The molecule has 2 aromatic rings. The number of aryl methyl sites for hydroxylation is 1. The molecule has 0 spiro atoms. The molecule has 1 aromatic carbocycles. The van der Waals surface area contributed by atoms with Crippen molar-refractivity contribution in [1.82, 2.24) is 5.32 Å². The maximum Gasteiger partial charge on any atom is 0.250 e. The number of thiocarbonyl (C=S) groups is 1. The third-order valence-corrected chi connectivity index (χ3v) is 5.23. The van der Waals surface area contributed by atoms with Crippen LogP contribution in [0.4, 0.5) is 5.00 Å². The highest BCUT2D eigenvalue weighted by molar-refractivity contribution is 7.80. The molecule has 8 heteroatoms. The number of nitrogens with zero attached hydrogens (tertiary/aromatic N) is 1. The largest absolute Gasteiger partial charge is 0.323 e. The van der Waals surface area contributed by atoms with E-state index in [1.54, 1.807) is 24.3 Å². The van der Waals surface area contributed by atoms with Crippen LogP contribution in [0.25, 0.3) is 6.08 Å². The minimum Gasteiger partial charge on any atom is -0.323 e. The average Bonchev–Trinajstić information content (AvgIpc) is 2.80. The van der Waals surface area contributed by atoms with Crippen LogP contribution in [0.5, 0.6) is 0 Å². The second-order valence-corrected chi connectivity index (χ2v) is 7.52. The Kier molecular flexibility index (Phi) is 6.57. The summed E-state index contributed by atoms with van der Waals surface area (Å²) in [5, 5.41) is 16.3. The molecule has 0 radical (unpaired) electrons. The Morgan fingerprint density at radius 3 is 2.72 bits per heavy atom. The van der Waals surface area contributed by atoms with Crippen molar-refractivity contribution in [2.75, 3.05) is 5.32 Å². The van der Waals surface area contributed by atoms with Gasteiger partial charge in [-0.3, -0.25) is 10.1 Å². The van der Waals surface area contributed by atoms with Gasteiger partial charge in [-0.15, -0.1) is 11.3 Å². The lowest BCUT2D eigenvalue weighted by atomic mass is 10.2. The minimum absolute atomic E-state index is 0.120. The Hall–Kier alpha value is -1.91. The molecule has 0 atom stereocenters. The van der Waals surface area contributed by atoms with Gasteiger partial charge in [0.25, 0.3) is 0 Å². The van der Waals surface area contributed by atoms with E-state index in [4.69, 9.17) is 35.4 Å². The molecule has 0 unspecified atom stereocenters. The number of carbonyl (C=O) groups excluding carboxylic acids is 1. The van der Waals surface area contributed by atoms with Crippen LogP contribution < -0.4 is 10.6 Å². The standard InChI is InChI=1S/C17H13Cl2N3OS2/c1-9-10(2)25-16(13(9)8-20)22-17(24)21-15(23)6-4-11-3-5-12(18)7-14(11)19/h3-7H,1-2H3,(H2,21,22,23,24)/b6-4+. The molecule has 4 nitrogen and oxygen atoms in total. The lowest BCUT2D eigenvalue weighted by Crippen LogP contribution is -2.32. The molecule has 0 saturated carbocycles. The molecule has 0 fully saturated rings. The first-order chi connectivity index (χ1) is 11.8. The number of benzene rings is 1. The molecular weight excluding hydrogens is 397 g/mol. The summed E-state index contributed by atoms with van der Waals surface area (Å²) < 4.78 is 0. The van der Waals surface area contributed by atoms with Gasteiger partial charge in [0.1, 0.15) is 11.1 Å². The summed E-state index contributed by atoms with van der Waals surface area (Å²) >= 11 is 18.4. The Morgan fingerprint density at radius 1 is 1.36 bits per heavy atom. The van der Waals surface area contributed by atoms with Crippen molar-refractivity contribution in [2.24, 2.45) is 0 Å². The number of amides is 1. The van der Waals surface area contributed by atoms with Crippen LogP contribution in [0.1, 0.15) is 21.6 Å². The molecule has 2 rings (SSSR count). The highest BCUT2D eigenvalue weighted by Gasteiger charge is 2.13. The topological polar surface area (TPSA) is 64.9 Å². The maximum absolute atomic E-state index is 12.0. The number of nitriles is 1. The zero-order chi connectivity index (χ0) is 18.6. The van der Waals surface area contributed by atoms with Crippen LogP contribution in [-0.4, -0.2) is 11.0 Å². The molecule has 0 saturated heterocycles. The van der Waals surface area contributed by atoms with Crippen LogP contribution >= 0.6 is 46.8 Å². The Balaban J connectivity index is 2.01. The van der Waals surface area contributed by atoms with Crippen LogP contribution in [-0.2, 0) is 4.79 Å². The van der Waals surface area contributed by atoms with E-state index in [1.165, 1.54) is 17.4 Å². The van der Waals surface area contributed by atoms with Crippen molar-refractivity contribution < 1.29 is 4.79 Å². The predicted octanol–water partition coefficient (Wildman–Crippen LogP) is 5.07. The zero-order valence-electron chi connectivity index (χ0n) is 13.3. The number of rotatable bonds is 3. The number of nitrogens with one attached hydrogen (secondary N) is 2. The molecule has 25 heavy (non-hydrogen) atoms. The summed E-state index contributed by atoms with van der Waals surface area (Å²) in [5.74, 6) is -0.410. The smallest absolute Gasteiger partial charge is 0.250 e. The zero-order valence-corrected chi connectivity index (χ0v) is 16.5. The van der Waals surface area contributed by atoms with E-state index in [1.807, 2.05) is 13.8 Å². The molecule has 0 bridgehead atoms. The summed E-state index contributed by atoms with van der Waals surface area (Å²) in [6.45, 7) is 3.79. The average molecular weight is 410 g/mol. The van der Waals surface area contributed by atoms with Gasteiger partial charge >= 0.3 is 0 Å². The van der Waals surface area contributed by atoms with Crippen molar-refractivity contribution in [1.29, 1.82) is 5.26 Å². The van der Waals surface area contributed by atoms with E-state index >= 15 is 0 Å². The first-order valence-corrected chi connectivity index (χ1v) is 9.05. The molecular formula is C17H13Cl2N3OS2. The van der Waals surface area contributed by atoms with E-state index in [2.05, 4.69) is 16.7 Å². The van der Waals surface area contributed by atoms with Crippen molar-refractivity contribution in [2.45, 2.75) is 13.8 Å². The number of anilines is 1. The second kappa shape index (κ2) is 8.45. The fraction of sp³-hybridized carbons (Fsp3) is 0.118. The van der Waals surface area contributed by atoms with Crippen LogP contribution in [0.3, 0.4) is 0 Å². The van der Waals surface area contributed by atoms with Crippen LogP contribution in [0, 0.1) is 25.2 Å². The SMILES string of the molecule is Cc1sc(NC(=S)NC(=O)/C=C/c2ccc(Cl)cc2Cl)c(C#N)c1C. The van der Waals surface area contributed by atoms with Crippen molar-refractivity contribution in [3.63, 3.8) is 0 Å². The number of thiophene rings is 1. The van der Waals surface area contributed by atoms with E-state index in [9.17, 15) is 10.1 Å². The minimum atomic E-state index is -0.410. The van der Waals surface area contributed by atoms with Crippen molar-refractivity contribution in [3.05, 3.63) is 55.9 Å². The van der Waals surface area contributed by atoms with Crippen LogP contribution in [0.15, 0.2) is 24.3 Å². The van der Waals surface area contributed by atoms with Crippen molar-refractivity contribution in [3.8, 4) is 6.07 Å². The molecule has 1 heterocycles. The first-order valence-electron chi connectivity index (χ1n) is 7.07. The molecule has 2 N–H and O–H groups in total. The first kappa shape index (κ1) is 19.4. The van der Waals surface area contributed by atoms with Gasteiger partial charge in [-0.05, 0) is 55.4 Å². The highest BCUT2D eigenvalue weighted by Crippen LogP contribution is 2.31. The summed E-state index contributed by atoms with van der Waals surface area (Å²) in [5.41, 5.74) is 2.10. The molecule has 0 aliphatic carbocycles. The van der Waals surface area contributed by atoms with Gasteiger partial charge in [-0.1, -0.05) is 29.3 Å². The Labute approximate surface area is 165 Å². The van der Waals surface area contributed by atoms with E-state index in [0.29, 0.717) is 26.2 Å². The molecule has 0 aliphatic heterocycles. The van der Waals surface area contributed by atoms with E-state index < -0.39 is 5.91 Å². The van der Waals surface area contributed by atoms with Gasteiger partial charge in [0, 0.05) is 21.0 Å². The summed E-state index contributed by atoms with van der Waals surface area (Å²) in [6.07, 6.45) is 2.88. The second-order valence-electron chi connectivity index (χ2n) is 5.04. The fourth-order valence-corrected chi connectivity index (χ4v) is 3.69. The number of carbonyl (C=O) groups is 1. The van der Waals surface area contributed by atoms with Gasteiger partial charge < -0.3 is 5.32 Å². The molecule has 128 valence electrons. The number of hydrogen-bond donors (Lipinski definition) is 2. The lowest BCUT2D eigenvalue weighted by molar-refractivity contribution is -0.115.